The van der Waals surface area contributed by atoms with E-state index in [1.807, 2.05) is 0 Å². The van der Waals surface area contributed by atoms with Gasteiger partial charge >= 0.3 is 6.18 Å². The maximum Gasteiger partial charge on any atom is 0.416 e. The summed E-state index contributed by atoms with van der Waals surface area (Å²) in [5, 5.41) is 2.65. The molecule has 0 aliphatic heterocycles. The molecule has 1 N–H and O–H groups in total. The number of carbonyl (C=O) groups is 1. The van der Waals surface area contributed by atoms with Crippen molar-refractivity contribution in [2.75, 3.05) is 0 Å². The third kappa shape index (κ3) is 7.23. The van der Waals surface area contributed by atoms with Gasteiger partial charge in [-0.05, 0) is 47.0 Å². The van der Waals surface area contributed by atoms with Crippen molar-refractivity contribution in [1.82, 2.24) is 15.2 Å². The third-order valence-electron chi connectivity index (χ3n) is 5.55. The number of nitrogens with one attached hydrogen (secondary N) is 1. The molecular weight excluding hydrogens is 493 g/mol. The Morgan fingerprint density at radius 3 is 2.11 bits per heavy atom. The number of benzene rings is 3. The first kappa shape index (κ1) is 26.0. The van der Waals surface area contributed by atoms with Crippen LogP contribution < -0.4 is 5.32 Å². The van der Waals surface area contributed by atoms with Gasteiger partial charge in [0.15, 0.2) is 5.69 Å². The molecule has 0 radical (unpaired) electrons. The molecule has 0 fully saturated rings. The number of rotatable bonds is 9. The van der Waals surface area contributed by atoms with Crippen LogP contribution in [0, 0.1) is 11.6 Å². The summed E-state index contributed by atoms with van der Waals surface area (Å²) in [6.07, 6.45) is -3.37. The Kier molecular flexibility index (Phi) is 7.98. The molecule has 0 saturated heterocycles. The van der Waals surface area contributed by atoms with E-state index in [1.54, 1.807) is 17.0 Å². The third-order valence-corrected chi connectivity index (χ3v) is 5.55. The maximum absolute atomic E-state index is 13.6. The topological polar surface area (TPSA) is 58.4 Å². The lowest BCUT2D eigenvalue weighted by atomic mass is 10.1. The number of hydrogen-bond acceptors (Lipinski definition) is 4. The largest absolute Gasteiger partial charge is 0.447 e. The highest BCUT2D eigenvalue weighted by Gasteiger charge is 2.33. The summed E-state index contributed by atoms with van der Waals surface area (Å²) >= 11 is 0. The Balaban J connectivity index is 1.49. The smallest absolute Gasteiger partial charge is 0.416 e. The maximum atomic E-state index is 13.6. The minimum atomic E-state index is -4.53. The molecule has 0 saturated carbocycles. The van der Waals surface area contributed by atoms with Crippen LogP contribution in [0.4, 0.5) is 22.0 Å². The average Bonchev–Trinajstić information content (AvgIpc) is 3.33. The second-order valence-electron chi connectivity index (χ2n) is 8.36. The van der Waals surface area contributed by atoms with Crippen molar-refractivity contribution in [3.05, 3.63) is 125 Å². The van der Waals surface area contributed by atoms with Crippen LogP contribution in [0.3, 0.4) is 0 Å². The molecule has 3 aromatic carbocycles. The van der Waals surface area contributed by atoms with Gasteiger partial charge in [-0.2, -0.15) is 13.2 Å². The molecule has 0 spiro atoms. The summed E-state index contributed by atoms with van der Waals surface area (Å²) in [6, 6.07) is 16.5. The van der Waals surface area contributed by atoms with E-state index in [2.05, 4.69) is 10.3 Å². The summed E-state index contributed by atoms with van der Waals surface area (Å²) in [5.74, 6) is -1.22. The Labute approximate surface area is 209 Å². The van der Waals surface area contributed by atoms with Crippen LogP contribution in [0.1, 0.15) is 38.6 Å². The van der Waals surface area contributed by atoms with Crippen LogP contribution in [0.2, 0.25) is 0 Å². The van der Waals surface area contributed by atoms with Gasteiger partial charge in [0, 0.05) is 19.6 Å². The van der Waals surface area contributed by atoms with Gasteiger partial charge in [-0.25, -0.2) is 13.8 Å². The quantitative estimate of drug-likeness (QED) is 0.274. The van der Waals surface area contributed by atoms with E-state index in [1.165, 1.54) is 54.6 Å². The van der Waals surface area contributed by atoms with E-state index in [0.29, 0.717) is 11.1 Å². The van der Waals surface area contributed by atoms with Gasteiger partial charge in [-0.1, -0.05) is 42.5 Å². The fourth-order valence-electron chi connectivity index (χ4n) is 3.75. The number of aromatic nitrogens is 1. The molecule has 0 bridgehead atoms. The van der Waals surface area contributed by atoms with Gasteiger partial charge < -0.3 is 9.73 Å². The zero-order valence-electron chi connectivity index (χ0n) is 19.4. The molecule has 37 heavy (non-hydrogen) atoms. The van der Waals surface area contributed by atoms with Gasteiger partial charge in [-0.15, -0.1) is 0 Å². The molecule has 0 unspecified atom stereocenters. The summed E-state index contributed by atoms with van der Waals surface area (Å²) in [4.78, 5) is 18.3. The Bertz CT molecular complexity index is 1340. The number of nitrogens with zero attached hydrogens (tertiary/aromatic N) is 2. The fourth-order valence-corrected chi connectivity index (χ4v) is 3.75. The van der Waals surface area contributed by atoms with Crippen molar-refractivity contribution in [3.8, 4) is 0 Å². The first-order valence-electron chi connectivity index (χ1n) is 11.3. The molecule has 0 atom stereocenters. The normalized spacial score (nSPS) is 11.6. The molecule has 4 rings (SSSR count). The minimum Gasteiger partial charge on any atom is -0.447 e. The zero-order chi connectivity index (χ0) is 26.4. The van der Waals surface area contributed by atoms with E-state index >= 15 is 0 Å². The van der Waals surface area contributed by atoms with E-state index < -0.39 is 23.5 Å². The zero-order valence-corrected chi connectivity index (χ0v) is 19.4. The molecule has 4 aromatic rings. The van der Waals surface area contributed by atoms with Crippen LogP contribution in [0.5, 0.6) is 0 Å². The van der Waals surface area contributed by atoms with Gasteiger partial charge in [0.1, 0.15) is 17.9 Å². The van der Waals surface area contributed by atoms with E-state index in [-0.39, 0.29) is 49.1 Å². The fraction of sp³-hybridized carbons (Fsp3) is 0.185. The Morgan fingerprint density at radius 2 is 1.46 bits per heavy atom. The van der Waals surface area contributed by atoms with E-state index in [4.69, 9.17) is 4.42 Å². The van der Waals surface area contributed by atoms with Crippen molar-refractivity contribution in [2.24, 2.45) is 0 Å². The van der Waals surface area contributed by atoms with E-state index in [9.17, 15) is 26.7 Å². The highest BCUT2D eigenvalue weighted by Crippen LogP contribution is 2.32. The predicted octanol–water partition coefficient (Wildman–Crippen LogP) is 6.10. The van der Waals surface area contributed by atoms with Crippen LogP contribution >= 0.6 is 0 Å². The van der Waals surface area contributed by atoms with Crippen molar-refractivity contribution in [3.63, 3.8) is 0 Å². The summed E-state index contributed by atoms with van der Waals surface area (Å²) in [5.41, 5.74) is 0.657. The lowest BCUT2D eigenvalue weighted by molar-refractivity contribution is -0.138. The van der Waals surface area contributed by atoms with Crippen LogP contribution in [-0.2, 0) is 32.4 Å². The van der Waals surface area contributed by atoms with Crippen molar-refractivity contribution in [2.45, 2.75) is 32.4 Å². The highest BCUT2D eigenvalue weighted by atomic mass is 19.4. The lowest BCUT2D eigenvalue weighted by Gasteiger charge is -2.23. The summed E-state index contributed by atoms with van der Waals surface area (Å²) < 4.78 is 72.5. The van der Waals surface area contributed by atoms with Crippen LogP contribution in [-0.4, -0.2) is 15.8 Å². The molecule has 1 heterocycles. The van der Waals surface area contributed by atoms with Crippen molar-refractivity contribution < 1.29 is 31.2 Å². The van der Waals surface area contributed by atoms with Gasteiger partial charge in [0.2, 0.25) is 5.89 Å². The molecule has 1 amide bonds. The minimum absolute atomic E-state index is 0.00506. The van der Waals surface area contributed by atoms with Crippen LogP contribution in [0.25, 0.3) is 0 Å². The second-order valence-corrected chi connectivity index (χ2v) is 8.36. The first-order chi connectivity index (χ1) is 17.7. The van der Waals surface area contributed by atoms with Gasteiger partial charge in [0.05, 0.1) is 12.1 Å². The number of hydrogen-bond donors (Lipinski definition) is 1. The SMILES string of the molecule is O=C(NCc1ccc(F)cc1)c1coc(CN(Cc2ccc(F)cc2)Cc2ccccc2C(F)(F)F)n1. The lowest BCUT2D eigenvalue weighted by Crippen LogP contribution is -2.25. The number of amides is 1. The molecule has 10 heteroatoms. The molecule has 192 valence electrons. The number of alkyl halides is 3. The summed E-state index contributed by atoms with van der Waals surface area (Å²) in [6.45, 7) is 0.226. The number of halogens is 5. The predicted molar refractivity (Wildman–Crippen MR) is 125 cm³/mol. The van der Waals surface area contributed by atoms with Gasteiger partial charge in [-0.3, -0.25) is 9.69 Å². The summed E-state index contributed by atoms with van der Waals surface area (Å²) in [7, 11) is 0. The number of oxazole rings is 1. The number of carbonyl (C=O) groups excluding carboxylic acids is 1. The van der Waals surface area contributed by atoms with Crippen molar-refractivity contribution in [1.29, 1.82) is 0 Å². The standard InChI is InChI=1S/C27H22F5N3O2/c28-21-9-5-18(6-10-21)13-33-26(36)24-17-37-25(34-24)16-35(14-19-7-11-22(29)12-8-19)15-20-3-1-2-4-23(20)27(30,31)32/h1-12,17H,13-16H2,(H,33,36). The second kappa shape index (κ2) is 11.3. The van der Waals surface area contributed by atoms with Crippen molar-refractivity contribution >= 4 is 5.91 Å². The molecular formula is C27H22F5N3O2. The first-order valence-corrected chi connectivity index (χ1v) is 11.3. The average molecular weight is 515 g/mol. The van der Waals surface area contributed by atoms with Gasteiger partial charge in [0.25, 0.3) is 5.91 Å². The molecule has 1 aromatic heterocycles. The highest BCUT2D eigenvalue weighted by molar-refractivity contribution is 5.91. The Hall–Kier alpha value is -4.05. The molecule has 0 aliphatic rings. The molecule has 5 nitrogen and oxygen atoms in total. The van der Waals surface area contributed by atoms with E-state index in [0.717, 1.165) is 12.3 Å². The monoisotopic (exact) mass is 515 g/mol. The van der Waals surface area contributed by atoms with Crippen LogP contribution in [0.15, 0.2) is 83.5 Å². The molecule has 0 aliphatic carbocycles. The Morgan fingerprint density at radius 1 is 0.838 bits per heavy atom.